The number of rotatable bonds is 7. The smallest absolute Gasteiger partial charge is 0.151 e. The van der Waals surface area contributed by atoms with E-state index in [1.165, 1.54) is 0 Å². The van der Waals surface area contributed by atoms with Crippen LogP contribution in [0.25, 0.3) is 0 Å². The maximum atomic E-state index is 5.44. The van der Waals surface area contributed by atoms with Crippen molar-refractivity contribution in [1.29, 1.82) is 0 Å². The van der Waals surface area contributed by atoms with Crippen LogP contribution in [-0.2, 0) is 13.1 Å². The summed E-state index contributed by atoms with van der Waals surface area (Å²) in [5, 5.41) is 3.83. The van der Waals surface area contributed by atoms with E-state index in [4.69, 9.17) is 10.3 Å². The summed E-state index contributed by atoms with van der Waals surface area (Å²) >= 11 is 0. The zero-order valence-corrected chi connectivity index (χ0v) is 8.85. The summed E-state index contributed by atoms with van der Waals surface area (Å²) in [6, 6.07) is 1.87. The molecule has 0 saturated heterocycles. The van der Waals surface area contributed by atoms with Gasteiger partial charge in [0.2, 0.25) is 0 Å². The standard InChI is InChI=1S/C11H17N3O/c1-3-5-14(6-4-2)9-11-7-10(8-12)13-15-11/h3-4,7H,1-2,5-6,8-9,12H2. The predicted octanol–water partition coefficient (Wildman–Crippen LogP) is 1.31. The van der Waals surface area contributed by atoms with Crippen LogP contribution in [0.2, 0.25) is 0 Å². The maximum absolute atomic E-state index is 5.44. The Kier molecular flexibility index (Phi) is 4.80. The molecule has 0 radical (unpaired) electrons. The highest BCUT2D eigenvalue weighted by Crippen LogP contribution is 2.06. The van der Waals surface area contributed by atoms with Crippen molar-refractivity contribution in [3.63, 3.8) is 0 Å². The van der Waals surface area contributed by atoms with Gasteiger partial charge in [-0.1, -0.05) is 17.3 Å². The molecule has 1 aromatic heterocycles. The summed E-state index contributed by atoms with van der Waals surface area (Å²) in [6.07, 6.45) is 3.70. The third-order valence-corrected chi connectivity index (χ3v) is 1.97. The molecule has 0 saturated carbocycles. The van der Waals surface area contributed by atoms with E-state index in [0.717, 1.165) is 24.5 Å². The first-order valence-electron chi connectivity index (χ1n) is 4.88. The molecule has 4 heteroatoms. The molecule has 0 aromatic carbocycles. The normalized spacial score (nSPS) is 10.5. The summed E-state index contributed by atoms with van der Waals surface area (Å²) in [6.45, 7) is 10.1. The largest absolute Gasteiger partial charge is 0.360 e. The molecular weight excluding hydrogens is 190 g/mol. The number of aromatic nitrogens is 1. The Morgan fingerprint density at radius 2 is 2.07 bits per heavy atom. The average Bonchev–Trinajstić information content (AvgIpc) is 2.66. The van der Waals surface area contributed by atoms with E-state index in [0.29, 0.717) is 13.1 Å². The van der Waals surface area contributed by atoms with Crippen molar-refractivity contribution in [3.8, 4) is 0 Å². The molecular formula is C11H17N3O. The number of hydrogen-bond donors (Lipinski definition) is 1. The minimum atomic E-state index is 0.409. The van der Waals surface area contributed by atoms with E-state index in [1.54, 1.807) is 0 Å². The summed E-state index contributed by atoms with van der Waals surface area (Å²) < 4.78 is 5.14. The monoisotopic (exact) mass is 207 g/mol. The minimum absolute atomic E-state index is 0.409. The molecule has 4 nitrogen and oxygen atoms in total. The Balaban J connectivity index is 2.55. The lowest BCUT2D eigenvalue weighted by molar-refractivity contribution is 0.271. The van der Waals surface area contributed by atoms with Crippen LogP contribution in [0.3, 0.4) is 0 Å². The number of nitrogens with two attached hydrogens (primary N) is 1. The minimum Gasteiger partial charge on any atom is -0.360 e. The lowest BCUT2D eigenvalue weighted by atomic mass is 10.3. The molecule has 1 aromatic rings. The van der Waals surface area contributed by atoms with Crippen molar-refractivity contribution in [2.75, 3.05) is 13.1 Å². The molecule has 1 heterocycles. The van der Waals surface area contributed by atoms with Gasteiger partial charge in [0.25, 0.3) is 0 Å². The second-order valence-electron chi connectivity index (χ2n) is 3.26. The average molecular weight is 207 g/mol. The topological polar surface area (TPSA) is 55.3 Å². The van der Waals surface area contributed by atoms with Gasteiger partial charge in [-0.2, -0.15) is 0 Å². The fraction of sp³-hybridized carbons (Fsp3) is 0.364. The fourth-order valence-corrected chi connectivity index (χ4v) is 1.32. The molecule has 0 aliphatic rings. The van der Waals surface area contributed by atoms with E-state index < -0.39 is 0 Å². The highest BCUT2D eigenvalue weighted by molar-refractivity contribution is 5.05. The van der Waals surface area contributed by atoms with Crippen molar-refractivity contribution in [2.24, 2.45) is 5.73 Å². The van der Waals surface area contributed by atoms with Crippen LogP contribution in [0.1, 0.15) is 11.5 Å². The molecule has 0 aliphatic heterocycles. The molecule has 82 valence electrons. The Hall–Kier alpha value is -1.39. The molecule has 0 unspecified atom stereocenters. The van der Waals surface area contributed by atoms with Crippen LogP contribution in [-0.4, -0.2) is 23.1 Å². The third-order valence-electron chi connectivity index (χ3n) is 1.97. The van der Waals surface area contributed by atoms with Crippen molar-refractivity contribution >= 4 is 0 Å². The zero-order valence-electron chi connectivity index (χ0n) is 8.85. The van der Waals surface area contributed by atoms with Crippen LogP contribution >= 0.6 is 0 Å². The van der Waals surface area contributed by atoms with Crippen LogP contribution in [0, 0.1) is 0 Å². The van der Waals surface area contributed by atoms with Gasteiger partial charge in [-0.25, -0.2) is 0 Å². The Morgan fingerprint density at radius 3 is 2.53 bits per heavy atom. The summed E-state index contributed by atoms with van der Waals surface area (Å²) in [5.41, 5.74) is 6.22. The van der Waals surface area contributed by atoms with Crippen LogP contribution in [0.5, 0.6) is 0 Å². The van der Waals surface area contributed by atoms with E-state index in [-0.39, 0.29) is 0 Å². The summed E-state index contributed by atoms with van der Waals surface area (Å²) in [5.74, 6) is 0.819. The van der Waals surface area contributed by atoms with E-state index >= 15 is 0 Å². The quantitative estimate of drug-likeness (QED) is 0.685. The number of nitrogens with zero attached hydrogens (tertiary/aromatic N) is 2. The Bertz CT molecular complexity index is 309. The van der Waals surface area contributed by atoms with E-state index in [9.17, 15) is 0 Å². The number of hydrogen-bond acceptors (Lipinski definition) is 4. The molecule has 15 heavy (non-hydrogen) atoms. The molecule has 0 amide bonds. The van der Waals surface area contributed by atoms with Crippen molar-refractivity contribution in [2.45, 2.75) is 13.1 Å². The fourth-order valence-electron chi connectivity index (χ4n) is 1.32. The second kappa shape index (κ2) is 6.16. The van der Waals surface area contributed by atoms with Gasteiger partial charge in [-0.15, -0.1) is 13.2 Å². The maximum Gasteiger partial charge on any atom is 0.151 e. The van der Waals surface area contributed by atoms with Crippen LogP contribution < -0.4 is 5.73 Å². The molecule has 1 rings (SSSR count). The lowest BCUT2D eigenvalue weighted by Gasteiger charge is -2.16. The van der Waals surface area contributed by atoms with Gasteiger partial charge in [0, 0.05) is 25.7 Å². The lowest BCUT2D eigenvalue weighted by Crippen LogP contribution is -2.22. The Labute approximate surface area is 90.0 Å². The van der Waals surface area contributed by atoms with Gasteiger partial charge < -0.3 is 10.3 Å². The summed E-state index contributed by atoms with van der Waals surface area (Å²) in [4.78, 5) is 2.14. The van der Waals surface area contributed by atoms with Crippen molar-refractivity contribution < 1.29 is 4.52 Å². The van der Waals surface area contributed by atoms with Crippen molar-refractivity contribution in [1.82, 2.24) is 10.1 Å². The van der Waals surface area contributed by atoms with Crippen molar-refractivity contribution in [3.05, 3.63) is 42.8 Å². The van der Waals surface area contributed by atoms with Gasteiger partial charge in [0.15, 0.2) is 5.76 Å². The SMILES string of the molecule is C=CCN(CC=C)Cc1cc(CN)no1. The predicted molar refractivity (Wildman–Crippen MR) is 60.1 cm³/mol. The highest BCUT2D eigenvalue weighted by atomic mass is 16.5. The van der Waals surface area contributed by atoms with Gasteiger partial charge in [-0.05, 0) is 0 Å². The molecule has 0 aliphatic carbocycles. The molecule has 0 fully saturated rings. The third kappa shape index (κ3) is 3.69. The molecule has 0 spiro atoms. The second-order valence-corrected chi connectivity index (χ2v) is 3.26. The summed E-state index contributed by atoms with van der Waals surface area (Å²) in [7, 11) is 0. The first-order chi connectivity index (χ1) is 7.30. The highest BCUT2D eigenvalue weighted by Gasteiger charge is 2.07. The van der Waals surface area contributed by atoms with Gasteiger partial charge in [0.05, 0.1) is 12.2 Å². The molecule has 2 N–H and O–H groups in total. The van der Waals surface area contributed by atoms with Gasteiger partial charge >= 0.3 is 0 Å². The first kappa shape index (κ1) is 11.7. The molecule has 0 atom stereocenters. The zero-order chi connectivity index (χ0) is 11.1. The van der Waals surface area contributed by atoms with Gasteiger partial charge in [0.1, 0.15) is 0 Å². The Morgan fingerprint density at radius 1 is 1.40 bits per heavy atom. The first-order valence-corrected chi connectivity index (χ1v) is 4.88. The van der Waals surface area contributed by atoms with E-state index in [1.807, 2.05) is 18.2 Å². The van der Waals surface area contributed by atoms with Gasteiger partial charge in [-0.3, -0.25) is 4.90 Å². The van der Waals surface area contributed by atoms with Crippen LogP contribution in [0.15, 0.2) is 35.9 Å². The van der Waals surface area contributed by atoms with E-state index in [2.05, 4.69) is 23.2 Å². The molecule has 0 bridgehead atoms. The van der Waals surface area contributed by atoms with Crippen LogP contribution in [0.4, 0.5) is 0 Å².